The van der Waals surface area contributed by atoms with Crippen LogP contribution in [0.25, 0.3) is 0 Å². The van der Waals surface area contributed by atoms with Gasteiger partial charge >= 0.3 is 5.97 Å². The average Bonchev–Trinajstić information content (AvgIpc) is 2.62. The second-order valence-corrected chi connectivity index (χ2v) is 6.68. The third-order valence-corrected chi connectivity index (χ3v) is 4.39. The molecule has 0 spiro atoms. The van der Waals surface area contributed by atoms with Gasteiger partial charge in [0.2, 0.25) is 5.60 Å². The highest BCUT2D eigenvalue weighted by molar-refractivity contribution is 5.95. The normalized spacial score (nSPS) is 13.0. The Morgan fingerprint density at radius 1 is 1.08 bits per heavy atom. The van der Waals surface area contributed by atoms with Gasteiger partial charge in [0.25, 0.3) is 0 Å². The molecule has 0 aliphatic rings. The van der Waals surface area contributed by atoms with Crippen molar-refractivity contribution in [1.82, 2.24) is 0 Å². The molecule has 26 heavy (non-hydrogen) atoms. The molecule has 0 fully saturated rings. The molecule has 138 valence electrons. The molecule has 2 aromatic rings. The Balaban J connectivity index is 1.94. The van der Waals surface area contributed by atoms with Crippen molar-refractivity contribution >= 4 is 11.8 Å². The van der Waals surface area contributed by atoms with E-state index >= 15 is 0 Å². The third-order valence-electron chi connectivity index (χ3n) is 4.39. The van der Waals surface area contributed by atoms with Crippen LogP contribution in [0.3, 0.4) is 0 Å². The smallest absolute Gasteiger partial charge is 0.347 e. The molecule has 0 heterocycles. The number of carboxylic acids is 1. The van der Waals surface area contributed by atoms with Gasteiger partial charge in [-0.1, -0.05) is 55.8 Å². The Morgan fingerprint density at radius 3 is 2.46 bits per heavy atom. The van der Waals surface area contributed by atoms with E-state index in [4.69, 9.17) is 4.74 Å². The van der Waals surface area contributed by atoms with Crippen LogP contribution in [0.1, 0.15) is 55.5 Å². The van der Waals surface area contributed by atoms with Crippen LogP contribution in [0.15, 0.2) is 54.6 Å². The van der Waals surface area contributed by atoms with Crippen LogP contribution in [0.5, 0.6) is 5.75 Å². The second-order valence-electron chi connectivity index (χ2n) is 6.68. The van der Waals surface area contributed by atoms with Crippen LogP contribution in [0.4, 0.5) is 0 Å². The predicted octanol–water partition coefficient (Wildman–Crippen LogP) is 4.91. The molecule has 1 atom stereocenters. The topological polar surface area (TPSA) is 63.6 Å². The summed E-state index contributed by atoms with van der Waals surface area (Å²) in [4.78, 5) is 23.7. The molecular formula is C22H26O4. The first-order valence-corrected chi connectivity index (χ1v) is 9.04. The van der Waals surface area contributed by atoms with Crippen LogP contribution in [-0.2, 0) is 11.2 Å². The number of hydrogen-bond acceptors (Lipinski definition) is 3. The van der Waals surface area contributed by atoms with Gasteiger partial charge < -0.3 is 9.84 Å². The standard InChI is InChI=1S/C22H26O4/c1-3-15-22(2,21(24)25)26-19-13-7-9-17(16-19)10-8-14-20(23)18-11-5-4-6-12-18/h4-7,9,11-13,16H,3,8,10,14-15H2,1-2H3,(H,24,25). The van der Waals surface area contributed by atoms with E-state index in [-0.39, 0.29) is 5.78 Å². The SMILES string of the molecule is CCCC(C)(Oc1cccc(CCCC(=O)c2ccccc2)c1)C(=O)O. The van der Waals surface area contributed by atoms with Gasteiger partial charge in [0.05, 0.1) is 0 Å². The summed E-state index contributed by atoms with van der Waals surface area (Å²) in [5.41, 5.74) is 0.547. The van der Waals surface area contributed by atoms with Crippen molar-refractivity contribution in [1.29, 1.82) is 0 Å². The highest BCUT2D eigenvalue weighted by Crippen LogP contribution is 2.24. The molecule has 0 amide bonds. The first-order chi connectivity index (χ1) is 12.4. The molecule has 0 radical (unpaired) electrons. The molecule has 4 nitrogen and oxygen atoms in total. The highest BCUT2D eigenvalue weighted by atomic mass is 16.5. The summed E-state index contributed by atoms with van der Waals surface area (Å²) in [6, 6.07) is 16.8. The van der Waals surface area contributed by atoms with E-state index in [9.17, 15) is 14.7 Å². The summed E-state index contributed by atoms with van der Waals surface area (Å²) < 4.78 is 5.77. The van der Waals surface area contributed by atoms with E-state index in [0.717, 1.165) is 30.4 Å². The van der Waals surface area contributed by atoms with E-state index < -0.39 is 11.6 Å². The number of ketones is 1. The number of aliphatic carboxylic acids is 1. The summed E-state index contributed by atoms with van der Waals surface area (Å²) in [5.74, 6) is -0.271. The number of aryl methyl sites for hydroxylation is 1. The highest BCUT2D eigenvalue weighted by Gasteiger charge is 2.34. The molecule has 1 N–H and O–H groups in total. The van der Waals surface area contributed by atoms with Gasteiger partial charge in [0, 0.05) is 12.0 Å². The predicted molar refractivity (Wildman–Crippen MR) is 102 cm³/mol. The maximum absolute atomic E-state index is 12.1. The van der Waals surface area contributed by atoms with Gasteiger partial charge in [0.1, 0.15) is 5.75 Å². The van der Waals surface area contributed by atoms with Crippen LogP contribution in [0, 0.1) is 0 Å². The molecule has 0 bridgehead atoms. The lowest BCUT2D eigenvalue weighted by Gasteiger charge is -2.26. The van der Waals surface area contributed by atoms with Gasteiger partial charge in [-0.05, 0) is 43.9 Å². The quantitative estimate of drug-likeness (QED) is 0.616. The minimum absolute atomic E-state index is 0.138. The molecule has 0 aromatic heterocycles. The Labute approximate surface area is 154 Å². The van der Waals surface area contributed by atoms with Crippen molar-refractivity contribution in [2.45, 2.75) is 51.6 Å². The first kappa shape index (κ1) is 19.7. The Kier molecular flexibility index (Phi) is 6.96. The molecular weight excluding hydrogens is 328 g/mol. The number of carboxylic acid groups (broad SMARTS) is 1. The van der Waals surface area contributed by atoms with Crippen LogP contribution >= 0.6 is 0 Å². The fourth-order valence-corrected chi connectivity index (χ4v) is 2.92. The summed E-state index contributed by atoms with van der Waals surface area (Å²) in [7, 11) is 0. The number of carbonyl (C=O) groups excluding carboxylic acids is 1. The molecule has 0 aliphatic heterocycles. The van der Waals surface area contributed by atoms with Crippen molar-refractivity contribution in [2.75, 3.05) is 0 Å². The summed E-state index contributed by atoms with van der Waals surface area (Å²) in [5, 5.41) is 9.44. The maximum atomic E-state index is 12.1. The third kappa shape index (κ3) is 5.45. The van der Waals surface area contributed by atoms with Crippen molar-refractivity contribution in [3.8, 4) is 5.75 Å². The number of hydrogen-bond donors (Lipinski definition) is 1. The monoisotopic (exact) mass is 354 g/mol. The minimum Gasteiger partial charge on any atom is -0.478 e. The zero-order valence-electron chi connectivity index (χ0n) is 15.4. The van der Waals surface area contributed by atoms with E-state index in [1.807, 2.05) is 55.5 Å². The van der Waals surface area contributed by atoms with Crippen LogP contribution < -0.4 is 4.74 Å². The van der Waals surface area contributed by atoms with Crippen LogP contribution in [-0.4, -0.2) is 22.5 Å². The van der Waals surface area contributed by atoms with E-state index in [1.54, 1.807) is 13.0 Å². The number of carbonyl (C=O) groups is 2. The molecule has 0 saturated carbocycles. The molecule has 1 unspecified atom stereocenters. The van der Waals surface area contributed by atoms with Gasteiger partial charge in [-0.2, -0.15) is 0 Å². The number of Topliss-reactive ketones (excluding diaryl/α,β-unsaturated/α-hetero) is 1. The zero-order valence-corrected chi connectivity index (χ0v) is 15.4. The van der Waals surface area contributed by atoms with E-state index in [2.05, 4.69) is 0 Å². The van der Waals surface area contributed by atoms with Crippen molar-refractivity contribution in [3.63, 3.8) is 0 Å². The molecule has 2 rings (SSSR count). The molecule has 4 heteroatoms. The van der Waals surface area contributed by atoms with E-state index in [1.165, 1.54) is 0 Å². The summed E-state index contributed by atoms with van der Waals surface area (Å²) in [6.07, 6.45) is 3.13. The lowest BCUT2D eigenvalue weighted by atomic mass is 10.00. The van der Waals surface area contributed by atoms with Gasteiger partial charge in [-0.3, -0.25) is 4.79 Å². The number of benzene rings is 2. The zero-order chi connectivity index (χ0) is 19.0. The molecule has 0 aliphatic carbocycles. The molecule has 0 saturated heterocycles. The van der Waals surface area contributed by atoms with E-state index in [0.29, 0.717) is 18.6 Å². The molecule has 2 aromatic carbocycles. The van der Waals surface area contributed by atoms with Crippen molar-refractivity contribution in [2.24, 2.45) is 0 Å². The Morgan fingerprint density at radius 2 is 1.81 bits per heavy atom. The van der Waals surface area contributed by atoms with Crippen LogP contribution in [0.2, 0.25) is 0 Å². The van der Waals surface area contributed by atoms with Gasteiger partial charge in [-0.15, -0.1) is 0 Å². The summed E-state index contributed by atoms with van der Waals surface area (Å²) >= 11 is 0. The summed E-state index contributed by atoms with van der Waals surface area (Å²) in [6.45, 7) is 3.54. The lowest BCUT2D eigenvalue weighted by molar-refractivity contribution is -0.154. The fourth-order valence-electron chi connectivity index (χ4n) is 2.92. The Bertz CT molecular complexity index is 739. The van der Waals surface area contributed by atoms with Crippen molar-refractivity contribution in [3.05, 3.63) is 65.7 Å². The lowest BCUT2D eigenvalue weighted by Crippen LogP contribution is -2.41. The number of ether oxygens (including phenoxy) is 1. The Hall–Kier alpha value is -2.62. The van der Waals surface area contributed by atoms with Crippen molar-refractivity contribution < 1.29 is 19.4 Å². The van der Waals surface area contributed by atoms with Gasteiger partial charge in [-0.25, -0.2) is 4.79 Å². The average molecular weight is 354 g/mol. The first-order valence-electron chi connectivity index (χ1n) is 9.04. The number of rotatable bonds is 10. The minimum atomic E-state index is -1.23. The van der Waals surface area contributed by atoms with Gasteiger partial charge in [0.15, 0.2) is 5.78 Å². The second kappa shape index (κ2) is 9.18. The largest absolute Gasteiger partial charge is 0.478 e. The maximum Gasteiger partial charge on any atom is 0.347 e. The fraction of sp³-hybridized carbons (Fsp3) is 0.364.